The second-order valence-electron chi connectivity index (χ2n) is 8.01. The molecule has 6 N–H and O–H groups in total. The molecule has 0 spiro atoms. The number of hydrogen-bond acceptors (Lipinski definition) is 5. The highest BCUT2D eigenvalue weighted by molar-refractivity contribution is 5.82. The Hall–Kier alpha value is -1.18. The number of carbonyl (C=O) groups is 2. The molecule has 27 heavy (non-hydrogen) atoms. The molecule has 0 rings (SSSR count). The van der Waals surface area contributed by atoms with E-state index in [2.05, 4.69) is 10.6 Å². The van der Waals surface area contributed by atoms with E-state index in [1.165, 1.54) is 0 Å². The normalized spacial score (nSPS) is 17.1. The fraction of sp³-hybridized carbons (Fsp3) is 0.900. The van der Waals surface area contributed by atoms with Crippen molar-refractivity contribution in [3.63, 3.8) is 0 Å². The van der Waals surface area contributed by atoms with Crippen molar-refractivity contribution in [1.29, 1.82) is 0 Å². The van der Waals surface area contributed by atoms with Gasteiger partial charge in [-0.3, -0.25) is 9.59 Å². The number of nitrogens with one attached hydrogen (secondary N) is 2. The maximum atomic E-state index is 12.3. The van der Waals surface area contributed by atoms with Crippen molar-refractivity contribution in [1.82, 2.24) is 10.6 Å². The maximum Gasteiger partial charge on any atom is 0.237 e. The summed E-state index contributed by atoms with van der Waals surface area (Å²) in [5, 5.41) is 25.6. The van der Waals surface area contributed by atoms with E-state index < -0.39 is 18.2 Å². The second kappa shape index (κ2) is 13.9. The lowest BCUT2D eigenvalue weighted by Gasteiger charge is -2.28. The summed E-state index contributed by atoms with van der Waals surface area (Å²) in [6.07, 6.45) is 2.67. The topological polar surface area (TPSA) is 125 Å². The summed E-state index contributed by atoms with van der Waals surface area (Å²) >= 11 is 0. The van der Waals surface area contributed by atoms with E-state index in [-0.39, 0.29) is 42.7 Å². The van der Waals surface area contributed by atoms with E-state index >= 15 is 0 Å². The highest BCUT2D eigenvalue weighted by Gasteiger charge is 2.27. The summed E-state index contributed by atoms with van der Waals surface area (Å²) in [6.45, 7) is 9.83. The van der Waals surface area contributed by atoms with Gasteiger partial charge in [0.15, 0.2) is 0 Å². The number of nitrogens with two attached hydrogens (primary N) is 1. The van der Waals surface area contributed by atoms with Crippen LogP contribution in [-0.4, -0.2) is 52.9 Å². The zero-order chi connectivity index (χ0) is 21.0. The molecule has 0 radical (unpaired) electrons. The summed E-state index contributed by atoms with van der Waals surface area (Å²) in [6, 6.07) is -1.48. The Balaban J connectivity index is 4.83. The molecule has 7 nitrogen and oxygen atoms in total. The monoisotopic (exact) mass is 387 g/mol. The van der Waals surface area contributed by atoms with Crippen molar-refractivity contribution >= 4 is 11.8 Å². The molecule has 0 saturated carbocycles. The third kappa shape index (κ3) is 10.7. The SMILES string of the molecule is CCCCC(N)C(=O)NC(CC(C)C)C(O)CC(=O)N[C@H](CO)C(C)CC. The third-order valence-corrected chi connectivity index (χ3v) is 4.99. The van der Waals surface area contributed by atoms with Gasteiger partial charge in [0.2, 0.25) is 11.8 Å². The maximum absolute atomic E-state index is 12.3. The molecule has 0 aromatic carbocycles. The molecule has 0 heterocycles. The van der Waals surface area contributed by atoms with Crippen molar-refractivity contribution < 1.29 is 19.8 Å². The predicted octanol–water partition coefficient (Wildman–Crippen LogP) is 1.31. The molecule has 0 aromatic heterocycles. The molecular formula is C20H41N3O4. The van der Waals surface area contributed by atoms with E-state index in [4.69, 9.17) is 5.73 Å². The number of rotatable bonds is 14. The van der Waals surface area contributed by atoms with Gasteiger partial charge >= 0.3 is 0 Å². The first-order valence-electron chi connectivity index (χ1n) is 10.3. The Labute approximate surface area is 164 Å². The summed E-state index contributed by atoms with van der Waals surface area (Å²) in [7, 11) is 0. The minimum Gasteiger partial charge on any atom is -0.394 e. The number of aliphatic hydroxyl groups is 2. The zero-order valence-electron chi connectivity index (χ0n) is 17.7. The van der Waals surface area contributed by atoms with Gasteiger partial charge in [-0.2, -0.15) is 0 Å². The van der Waals surface area contributed by atoms with E-state index in [0.29, 0.717) is 12.8 Å². The van der Waals surface area contributed by atoms with Gasteiger partial charge in [-0.1, -0.05) is 53.9 Å². The van der Waals surface area contributed by atoms with Crippen LogP contribution in [0.25, 0.3) is 0 Å². The van der Waals surface area contributed by atoms with Gasteiger partial charge < -0.3 is 26.6 Å². The number of aliphatic hydroxyl groups excluding tert-OH is 2. The summed E-state index contributed by atoms with van der Waals surface area (Å²) in [4.78, 5) is 24.6. The average Bonchev–Trinajstić information content (AvgIpc) is 2.62. The summed E-state index contributed by atoms with van der Waals surface area (Å²) in [5.41, 5.74) is 5.92. The van der Waals surface area contributed by atoms with Crippen LogP contribution in [0.5, 0.6) is 0 Å². The largest absolute Gasteiger partial charge is 0.394 e. The van der Waals surface area contributed by atoms with Crippen molar-refractivity contribution in [3.8, 4) is 0 Å². The van der Waals surface area contributed by atoms with Crippen LogP contribution in [0.15, 0.2) is 0 Å². The van der Waals surface area contributed by atoms with E-state index in [1.807, 2.05) is 34.6 Å². The fourth-order valence-corrected chi connectivity index (χ4v) is 2.92. The Kier molecular flexibility index (Phi) is 13.3. The molecule has 0 aliphatic carbocycles. The zero-order valence-corrected chi connectivity index (χ0v) is 17.7. The molecule has 2 amide bonds. The van der Waals surface area contributed by atoms with Crippen LogP contribution >= 0.6 is 0 Å². The van der Waals surface area contributed by atoms with E-state index in [9.17, 15) is 19.8 Å². The van der Waals surface area contributed by atoms with Crippen LogP contribution < -0.4 is 16.4 Å². The van der Waals surface area contributed by atoms with E-state index in [0.717, 1.165) is 19.3 Å². The van der Waals surface area contributed by atoms with Gasteiger partial charge in [-0.05, 0) is 24.7 Å². The number of unbranched alkanes of at least 4 members (excludes halogenated alkanes) is 1. The number of carbonyl (C=O) groups excluding carboxylic acids is 2. The molecule has 5 atom stereocenters. The van der Waals surface area contributed by atoms with Crippen LogP contribution in [0.3, 0.4) is 0 Å². The molecule has 0 aliphatic rings. The second-order valence-corrected chi connectivity index (χ2v) is 8.01. The first kappa shape index (κ1) is 25.8. The minimum atomic E-state index is -1.01. The van der Waals surface area contributed by atoms with Gasteiger partial charge in [-0.15, -0.1) is 0 Å². The third-order valence-electron chi connectivity index (χ3n) is 4.99. The Morgan fingerprint density at radius 1 is 1.07 bits per heavy atom. The predicted molar refractivity (Wildman–Crippen MR) is 108 cm³/mol. The van der Waals surface area contributed by atoms with Crippen molar-refractivity contribution in [3.05, 3.63) is 0 Å². The lowest BCUT2D eigenvalue weighted by Crippen LogP contribution is -2.52. The van der Waals surface area contributed by atoms with Gasteiger partial charge in [0.25, 0.3) is 0 Å². The minimum absolute atomic E-state index is 0.130. The molecule has 0 fully saturated rings. The lowest BCUT2D eigenvalue weighted by molar-refractivity contribution is -0.128. The van der Waals surface area contributed by atoms with Gasteiger partial charge in [0.05, 0.1) is 37.3 Å². The Bertz CT molecular complexity index is 431. The first-order chi connectivity index (χ1) is 12.7. The summed E-state index contributed by atoms with van der Waals surface area (Å²) < 4.78 is 0. The average molecular weight is 388 g/mol. The Morgan fingerprint density at radius 2 is 1.70 bits per heavy atom. The molecule has 0 aliphatic heterocycles. The number of amides is 2. The van der Waals surface area contributed by atoms with Crippen LogP contribution in [-0.2, 0) is 9.59 Å². The molecule has 7 heteroatoms. The van der Waals surface area contributed by atoms with E-state index in [1.54, 1.807) is 0 Å². The highest BCUT2D eigenvalue weighted by Crippen LogP contribution is 2.13. The molecule has 0 saturated heterocycles. The lowest BCUT2D eigenvalue weighted by atomic mass is 9.95. The smallest absolute Gasteiger partial charge is 0.237 e. The number of hydrogen-bond donors (Lipinski definition) is 5. The standard InChI is InChI=1S/C20H41N3O4/c1-6-8-9-15(21)20(27)23-16(10-13(3)4)18(25)11-19(26)22-17(12-24)14(5)7-2/h13-18,24-25H,6-12,21H2,1-5H3,(H,22,26)(H,23,27)/t14?,15?,16?,17-,18?/m1/s1. The highest BCUT2D eigenvalue weighted by atomic mass is 16.3. The van der Waals surface area contributed by atoms with Crippen molar-refractivity contribution in [2.75, 3.05) is 6.61 Å². The van der Waals surface area contributed by atoms with Gasteiger partial charge in [0.1, 0.15) is 0 Å². The van der Waals surface area contributed by atoms with Crippen LogP contribution in [0.4, 0.5) is 0 Å². The van der Waals surface area contributed by atoms with Crippen molar-refractivity contribution in [2.24, 2.45) is 17.6 Å². The molecular weight excluding hydrogens is 346 g/mol. The first-order valence-corrected chi connectivity index (χ1v) is 10.3. The quantitative estimate of drug-likeness (QED) is 0.307. The van der Waals surface area contributed by atoms with Gasteiger partial charge in [-0.25, -0.2) is 0 Å². The molecule has 4 unspecified atom stereocenters. The molecule has 160 valence electrons. The van der Waals surface area contributed by atoms with Crippen LogP contribution in [0, 0.1) is 11.8 Å². The fourth-order valence-electron chi connectivity index (χ4n) is 2.92. The van der Waals surface area contributed by atoms with Gasteiger partial charge in [0, 0.05) is 0 Å². The molecule has 0 aromatic rings. The van der Waals surface area contributed by atoms with Crippen LogP contribution in [0.2, 0.25) is 0 Å². The summed E-state index contributed by atoms with van der Waals surface area (Å²) in [5.74, 6) is -0.245. The Morgan fingerprint density at radius 3 is 2.19 bits per heavy atom. The van der Waals surface area contributed by atoms with Crippen molar-refractivity contribution in [2.45, 2.75) is 97.4 Å². The van der Waals surface area contributed by atoms with Crippen LogP contribution in [0.1, 0.15) is 73.1 Å². The molecule has 0 bridgehead atoms.